The molecule has 1 aliphatic rings. The Labute approximate surface area is 172 Å². The number of carbonyl (C=O) groups is 1. The number of nitrogens with zero attached hydrogens (tertiary/aromatic N) is 3. The molecule has 2 aromatic heterocycles. The van der Waals surface area contributed by atoms with Crippen molar-refractivity contribution in [3.8, 4) is 23.1 Å². The number of anilines is 1. The van der Waals surface area contributed by atoms with E-state index >= 15 is 0 Å². The summed E-state index contributed by atoms with van der Waals surface area (Å²) in [7, 11) is 0. The van der Waals surface area contributed by atoms with Crippen LogP contribution in [0.5, 0.6) is 11.5 Å². The molecule has 8 nitrogen and oxygen atoms in total. The maximum absolute atomic E-state index is 12.9. The lowest BCUT2D eigenvalue weighted by atomic mass is 10.2. The smallest absolute Gasteiger partial charge is 0.264 e. The Morgan fingerprint density at radius 2 is 1.93 bits per heavy atom. The van der Waals surface area contributed by atoms with Crippen molar-refractivity contribution in [1.82, 2.24) is 14.8 Å². The number of hydrogen-bond donors (Lipinski definition) is 1. The van der Waals surface area contributed by atoms with Gasteiger partial charge >= 0.3 is 0 Å². The molecule has 0 spiro atoms. The number of hydrogen-bond acceptors (Lipinski definition) is 6. The highest BCUT2D eigenvalue weighted by molar-refractivity contribution is 5.94. The normalized spacial score (nSPS) is 12.6. The Kier molecular flexibility index (Phi) is 4.39. The zero-order valence-electron chi connectivity index (χ0n) is 16.6. The molecular formula is C22H20N4O4. The maximum Gasteiger partial charge on any atom is 0.264 e. The minimum atomic E-state index is -0.180. The van der Waals surface area contributed by atoms with Gasteiger partial charge in [-0.25, -0.2) is 0 Å². The average Bonchev–Trinajstić information content (AvgIpc) is 3.46. The van der Waals surface area contributed by atoms with E-state index in [0.29, 0.717) is 34.7 Å². The van der Waals surface area contributed by atoms with Crippen molar-refractivity contribution in [2.24, 2.45) is 0 Å². The van der Waals surface area contributed by atoms with Gasteiger partial charge in [-0.05, 0) is 24.3 Å². The van der Waals surface area contributed by atoms with Crippen LogP contribution in [-0.2, 0) is 11.3 Å². The van der Waals surface area contributed by atoms with E-state index in [1.807, 2.05) is 48.7 Å². The van der Waals surface area contributed by atoms with Crippen molar-refractivity contribution in [3.63, 3.8) is 0 Å². The monoisotopic (exact) mass is 404 g/mol. The molecule has 0 radical (unpaired) electrons. The first kappa shape index (κ1) is 18.2. The average molecular weight is 404 g/mol. The molecule has 5 rings (SSSR count). The third-order valence-electron chi connectivity index (χ3n) is 4.92. The first-order chi connectivity index (χ1) is 14.6. The number of carbonyl (C=O) groups excluding carboxylic acids is 1. The van der Waals surface area contributed by atoms with Crippen LogP contribution in [0.4, 0.5) is 5.69 Å². The molecule has 0 bridgehead atoms. The summed E-state index contributed by atoms with van der Waals surface area (Å²) in [5.41, 5.74) is 2.26. The van der Waals surface area contributed by atoms with Crippen LogP contribution >= 0.6 is 0 Å². The molecule has 0 unspecified atom stereocenters. The number of benzene rings is 2. The molecule has 152 valence electrons. The standard InChI is InChI=1S/C22H20N4O4/c1-13(2)21-24-25-22(30-21)17-9-14-5-3-4-6-16(14)26(17)11-20(27)23-15-7-8-18-19(10-15)29-12-28-18/h3-10,13H,11-12H2,1-2H3,(H,23,27). The predicted molar refractivity (Wildman–Crippen MR) is 111 cm³/mol. The van der Waals surface area contributed by atoms with E-state index in [1.54, 1.807) is 18.2 Å². The molecule has 8 heteroatoms. The van der Waals surface area contributed by atoms with E-state index in [9.17, 15) is 4.79 Å². The van der Waals surface area contributed by atoms with E-state index in [1.165, 1.54) is 0 Å². The Morgan fingerprint density at radius 1 is 1.10 bits per heavy atom. The molecule has 1 N–H and O–H groups in total. The van der Waals surface area contributed by atoms with E-state index < -0.39 is 0 Å². The molecular weight excluding hydrogens is 384 g/mol. The molecule has 3 heterocycles. The fraction of sp³-hybridized carbons (Fsp3) is 0.227. The second-order valence-corrected chi connectivity index (χ2v) is 7.39. The van der Waals surface area contributed by atoms with Crippen LogP contribution in [0, 0.1) is 0 Å². The third-order valence-corrected chi connectivity index (χ3v) is 4.92. The minimum absolute atomic E-state index is 0.0939. The van der Waals surface area contributed by atoms with Gasteiger partial charge in [-0.2, -0.15) is 0 Å². The molecule has 30 heavy (non-hydrogen) atoms. The van der Waals surface area contributed by atoms with Gasteiger partial charge in [-0.1, -0.05) is 32.0 Å². The van der Waals surface area contributed by atoms with Crippen LogP contribution in [0.3, 0.4) is 0 Å². The van der Waals surface area contributed by atoms with E-state index in [0.717, 1.165) is 10.9 Å². The molecule has 2 aromatic carbocycles. The molecule has 0 saturated carbocycles. The first-order valence-corrected chi connectivity index (χ1v) is 9.70. The SMILES string of the molecule is CC(C)c1nnc(-c2cc3ccccc3n2CC(=O)Nc2ccc3c(c2)OCO3)o1. The van der Waals surface area contributed by atoms with Crippen LogP contribution < -0.4 is 14.8 Å². The topological polar surface area (TPSA) is 91.4 Å². The van der Waals surface area contributed by atoms with E-state index in [-0.39, 0.29) is 25.2 Å². The Hall–Kier alpha value is -3.81. The van der Waals surface area contributed by atoms with Crippen molar-refractivity contribution >= 4 is 22.5 Å². The van der Waals surface area contributed by atoms with Crippen LogP contribution in [0.25, 0.3) is 22.5 Å². The van der Waals surface area contributed by atoms with Crippen LogP contribution in [0.15, 0.2) is 52.9 Å². The molecule has 0 fully saturated rings. The Morgan fingerprint density at radius 3 is 2.77 bits per heavy atom. The lowest BCUT2D eigenvalue weighted by molar-refractivity contribution is -0.116. The van der Waals surface area contributed by atoms with Crippen LogP contribution in [0.2, 0.25) is 0 Å². The lowest BCUT2D eigenvalue weighted by Crippen LogP contribution is -2.19. The van der Waals surface area contributed by atoms with Gasteiger partial charge in [0.25, 0.3) is 5.89 Å². The Balaban J connectivity index is 1.46. The molecule has 0 saturated heterocycles. The molecule has 0 atom stereocenters. The number of aromatic nitrogens is 3. The van der Waals surface area contributed by atoms with Crippen molar-refractivity contribution in [3.05, 3.63) is 54.4 Å². The van der Waals surface area contributed by atoms with Gasteiger partial charge in [0, 0.05) is 28.6 Å². The summed E-state index contributed by atoms with van der Waals surface area (Å²) >= 11 is 0. The van der Waals surface area contributed by atoms with Crippen LogP contribution in [-0.4, -0.2) is 27.5 Å². The summed E-state index contributed by atoms with van der Waals surface area (Å²) in [6.45, 7) is 4.27. The number of fused-ring (bicyclic) bond motifs is 2. The van der Waals surface area contributed by atoms with Gasteiger partial charge in [0.2, 0.25) is 18.6 Å². The summed E-state index contributed by atoms with van der Waals surface area (Å²) in [6.07, 6.45) is 0. The quantitative estimate of drug-likeness (QED) is 0.536. The second-order valence-electron chi connectivity index (χ2n) is 7.39. The van der Waals surface area contributed by atoms with Gasteiger partial charge < -0.3 is 23.8 Å². The fourth-order valence-corrected chi connectivity index (χ4v) is 3.45. The number of para-hydroxylation sites is 1. The largest absolute Gasteiger partial charge is 0.454 e. The maximum atomic E-state index is 12.9. The molecule has 0 aliphatic carbocycles. The number of rotatable bonds is 5. The number of nitrogens with one attached hydrogen (secondary N) is 1. The first-order valence-electron chi connectivity index (χ1n) is 9.70. The summed E-state index contributed by atoms with van der Waals surface area (Å²) in [5.74, 6) is 2.19. The molecule has 1 amide bonds. The van der Waals surface area contributed by atoms with Crippen molar-refractivity contribution < 1.29 is 18.7 Å². The number of amides is 1. The van der Waals surface area contributed by atoms with Gasteiger partial charge in [-0.3, -0.25) is 4.79 Å². The number of ether oxygens (including phenoxy) is 2. The second kappa shape index (κ2) is 7.22. The highest BCUT2D eigenvalue weighted by Gasteiger charge is 2.20. The van der Waals surface area contributed by atoms with Crippen molar-refractivity contribution in [1.29, 1.82) is 0 Å². The van der Waals surface area contributed by atoms with E-state index in [4.69, 9.17) is 13.9 Å². The molecule has 1 aliphatic heterocycles. The predicted octanol–water partition coefficient (Wildman–Crippen LogP) is 4.18. The summed E-state index contributed by atoms with van der Waals surface area (Å²) in [5, 5.41) is 12.2. The minimum Gasteiger partial charge on any atom is -0.454 e. The van der Waals surface area contributed by atoms with Crippen molar-refractivity contribution in [2.75, 3.05) is 12.1 Å². The van der Waals surface area contributed by atoms with Gasteiger partial charge in [0.15, 0.2) is 11.5 Å². The fourth-order valence-electron chi connectivity index (χ4n) is 3.45. The summed E-state index contributed by atoms with van der Waals surface area (Å²) in [4.78, 5) is 12.9. The summed E-state index contributed by atoms with van der Waals surface area (Å²) < 4.78 is 18.4. The Bertz CT molecular complexity index is 1240. The highest BCUT2D eigenvalue weighted by atomic mass is 16.7. The van der Waals surface area contributed by atoms with Gasteiger partial charge in [0.1, 0.15) is 12.2 Å². The van der Waals surface area contributed by atoms with Gasteiger partial charge in [0.05, 0.1) is 0 Å². The highest BCUT2D eigenvalue weighted by Crippen LogP contribution is 2.34. The zero-order valence-corrected chi connectivity index (χ0v) is 16.6. The van der Waals surface area contributed by atoms with Crippen molar-refractivity contribution in [2.45, 2.75) is 26.3 Å². The van der Waals surface area contributed by atoms with E-state index in [2.05, 4.69) is 15.5 Å². The van der Waals surface area contributed by atoms with Gasteiger partial charge in [-0.15, -0.1) is 10.2 Å². The van der Waals surface area contributed by atoms with Crippen LogP contribution in [0.1, 0.15) is 25.7 Å². The zero-order chi connectivity index (χ0) is 20.7. The molecule has 4 aromatic rings. The summed E-state index contributed by atoms with van der Waals surface area (Å²) in [6, 6.07) is 15.1. The third kappa shape index (κ3) is 3.26. The lowest BCUT2D eigenvalue weighted by Gasteiger charge is -2.10.